The first-order valence-electron chi connectivity index (χ1n) is 4.41. The molecule has 0 unspecified atom stereocenters. The molecule has 0 aliphatic heterocycles. The molecule has 0 aliphatic carbocycles. The van der Waals surface area contributed by atoms with Crippen molar-refractivity contribution in [3.05, 3.63) is 0 Å². The lowest BCUT2D eigenvalue weighted by atomic mass is 10.1. The van der Waals surface area contributed by atoms with Gasteiger partial charge in [0.1, 0.15) is 0 Å². The highest BCUT2D eigenvalue weighted by Crippen LogP contribution is 2.11. The summed E-state index contributed by atoms with van der Waals surface area (Å²) in [7, 11) is 1.70. The number of aliphatic hydroxyl groups is 1. The van der Waals surface area contributed by atoms with Crippen LogP contribution in [0.3, 0.4) is 0 Å². The van der Waals surface area contributed by atoms with Gasteiger partial charge in [0, 0.05) is 25.6 Å². The summed E-state index contributed by atoms with van der Waals surface area (Å²) in [5.41, 5.74) is -0.226. The maximum Gasteiger partial charge on any atom is 0.409 e. The molecule has 0 spiro atoms. The van der Waals surface area contributed by atoms with E-state index < -0.39 is 0 Å². The van der Waals surface area contributed by atoms with Gasteiger partial charge in [-0.2, -0.15) is 0 Å². The first-order valence-corrected chi connectivity index (χ1v) is 4.41. The Morgan fingerprint density at radius 1 is 1.46 bits per heavy atom. The minimum Gasteiger partial charge on any atom is -0.449 e. The standard InChI is InChI=1S/C9H19NO3/c1-9(2,3)10(4)8(12)13-7-5-6-11/h11H,5-7H2,1-4H3. The normalized spacial score (nSPS) is 11.2. The van der Waals surface area contributed by atoms with Crippen molar-refractivity contribution >= 4 is 6.09 Å². The summed E-state index contributed by atoms with van der Waals surface area (Å²) in [6.07, 6.45) is 0.143. The molecule has 0 radical (unpaired) electrons. The van der Waals surface area contributed by atoms with Gasteiger partial charge in [-0.25, -0.2) is 4.79 Å². The van der Waals surface area contributed by atoms with Gasteiger partial charge in [-0.1, -0.05) is 0 Å². The molecule has 13 heavy (non-hydrogen) atoms. The van der Waals surface area contributed by atoms with Crippen LogP contribution in [0.2, 0.25) is 0 Å². The molecule has 78 valence electrons. The van der Waals surface area contributed by atoms with Crippen LogP contribution in [0.5, 0.6) is 0 Å². The number of hydrogen-bond donors (Lipinski definition) is 1. The number of carbonyl (C=O) groups is 1. The van der Waals surface area contributed by atoms with E-state index in [1.165, 1.54) is 4.90 Å². The molecule has 0 bridgehead atoms. The number of nitrogens with zero attached hydrogens (tertiary/aromatic N) is 1. The third-order valence-corrected chi connectivity index (χ3v) is 1.81. The van der Waals surface area contributed by atoms with Crippen molar-refractivity contribution in [2.24, 2.45) is 0 Å². The predicted molar refractivity (Wildman–Crippen MR) is 50.6 cm³/mol. The molecule has 0 heterocycles. The number of aliphatic hydroxyl groups excluding tert-OH is 1. The van der Waals surface area contributed by atoms with Crippen molar-refractivity contribution < 1.29 is 14.6 Å². The molecule has 0 aliphatic rings. The van der Waals surface area contributed by atoms with Crippen LogP contribution < -0.4 is 0 Å². The predicted octanol–water partition coefficient (Wildman–Crippen LogP) is 1.24. The average Bonchev–Trinajstić information content (AvgIpc) is 2.01. The Morgan fingerprint density at radius 3 is 2.38 bits per heavy atom. The van der Waals surface area contributed by atoms with Gasteiger partial charge >= 0.3 is 6.09 Å². The Balaban J connectivity index is 3.84. The highest BCUT2D eigenvalue weighted by molar-refractivity contribution is 5.68. The van der Waals surface area contributed by atoms with Gasteiger partial charge in [0.25, 0.3) is 0 Å². The first kappa shape index (κ1) is 12.2. The fourth-order valence-electron chi connectivity index (χ4n) is 0.595. The van der Waals surface area contributed by atoms with Gasteiger partial charge < -0.3 is 14.7 Å². The Bertz CT molecular complexity index is 163. The zero-order valence-electron chi connectivity index (χ0n) is 8.83. The first-order chi connectivity index (χ1) is 5.89. The fourth-order valence-corrected chi connectivity index (χ4v) is 0.595. The molecular weight excluding hydrogens is 170 g/mol. The number of rotatable bonds is 3. The van der Waals surface area contributed by atoms with E-state index in [2.05, 4.69) is 0 Å². The summed E-state index contributed by atoms with van der Waals surface area (Å²) >= 11 is 0. The SMILES string of the molecule is CN(C(=O)OCCCO)C(C)(C)C. The molecule has 0 saturated heterocycles. The second kappa shape index (κ2) is 5.07. The second-order valence-corrected chi connectivity index (χ2v) is 3.92. The Morgan fingerprint density at radius 2 is 2.00 bits per heavy atom. The molecule has 1 amide bonds. The van der Waals surface area contributed by atoms with E-state index in [9.17, 15) is 4.79 Å². The number of amides is 1. The zero-order valence-corrected chi connectivity index (χ0v) is 8.83. The lowest BCUT2D eigenvalue weighted by molar-refractivity contribution is 0.0764. The van der Waals surface area contributed by atoms with Crippen LogP contribution in [-0.2, 0) is 4.74 Å². The van der Waals surface area contributed by atoms with Crippen LogP contribution in [0, 0.1) is 0 Å². The van der Waals surface area contributed by atoms with Crippen LogP contribution in [-0.4, -0.2) is 41.9 Å². The van der Waals surface area contributed by atoms with Crippen LogP contribution in [0.4, 0.5) is 4.79 Å². The number of ether oxygens (including phenoxy) is 1. The quantitative estimate of drug-likeness (QED) is 0.679. The lowest BCUT2D eigenvalue weighted by Gasteiger charge is -2.30. The Hall–Kier alpha value is -0.770. The van der Waals surface area contributed by atoms with Gasteiger partial charge in [-0.05, 0) is 20.8 Å². The summed E-state index contributed by atoms with van der Waals surface area (Å²) in [6, 6.07) is 0. The monoisotopic (exact) mass is 189 g/mol. The summed E-state index contributed by atoms with van der Waals surface area (Å²) in [5, 5.41) is 8.47. The van der Waals surface area contributed by atoms with E-state index >= 15 is 0 Å². The summed E-state index contributed by atoms with van der Waals surface area (Å²) in [5.74, 6) is 0. The summed E-state index contributed by atoms with van der Waals surface area (Å²) in [6.45, 7) is 6.11. The van der Waals surface area contributed by atoms with Crippen molar-refractivity contribution in [2.75, 3.05) is 20.3 Å². The smallest absolute Gasteiger partial charge is 0.409 e. The number of carbonyl (C=O) groups excluding carboxylic acids is 1. The van der Waals surface area contributed by atoms with Gasteiger partial charge in [0.15, 0.2) is 0 Å². The highest BCUT2D eigenvalue weighted by atomic mass is 16.6. The average molecular weight is 189 g/mol. The molecule has 0 aromatic heterocycles. The van der Waals surface area contributed by atoms with E-state index in [4.69, 9.17) is 9.84 Å². The largest absolute Gasteiger partial charge is 0.449 e. The molecule has 0 rings (SSSR count). The Kier molecular flexibility index (Phi) is 4.77. The second-order valence-electron chi connectivity index (χ2n) is 3.92. The minimum absolute atomic E-state index is 0.0481. The van der Waals surface area contributed by atoms with E-state index in [-0.39, 0.29) is 24.8 Å². The minimum atomic E-state index is -0.346. The van der Waals surface area contributed by atoms with Gasteiger partial charge in [-0.3, -0.25) is 0 Å². The molecule has 0 aromatic rings. The van der Waals surface area contributed by atoms with E-state index in [0.717, 1.165) is 0 Å². The summed E-state index contributed by atoms with van der Waals surface area (Å²) in [4.78, 5) is 12.8. The van der Waals surface area contributed by atoms with Crippen LogP contribution in [0.25, 0.3) is 0 Å². The lowest BCUT2D eigenvalue weighted by Crippen LogP contribution is -2.42. The van der Waals surface area contributed by atoms with Crippen molar-refractivity contribution in [3.63, 3.8) is 0 Å². The fraction of sp³-hybridized carbons (Fsp3) is 0.889. The molecule has 0 fully saturated rings. The van der Waals surface area contributed by atoms with Crippen molar-refractivity contribution in [1.82, 2.24) is 4.90 Å². The summed E-state index contributed by atoms with van der Waals surface area (Å²) < 4.78 is 4.90. The molecule has 0 aromatic carbocycles. The molecular formula is C9H19NO3. The third-order valence-electron chi connectivity index (χ3n) is 1.81. The Labute approximate surface area is 79.5 Å². The van der Waals surface area contributed by atoms with Crippen LogP contribution in [0.15, 0.2) is 0 Å². The topological polar surface area (TPSA) is 49.8 Å². The molecule has 4 heteroatoms. The highest BCUT2D eigenvalue weighted by Gasteiger charge is 2.22. The van der Waals surface area contributed by atoms with Crippen molar-refractivity contribution in [2.45, 2.75) is 32.7 Å². The number of hydrogen-bond acceptors (Lipinski definition) is 3. The van der Waals surface area contributed by atoms with E-state index in [0.29, 0.717) is 6.42 Å². The molecule has 0 saturated carbocycles. The molecule has 0 atom stereocenters. The van der Waals surface area contributed by atoms with Crippen LogP contribution >= 0.6 is 0 Å². The van der Waals surface area contributed by atoms with Crippen molar-refractivity contribution in [3.8, 4) is 0 Å². The van der Waals surface area contributed by atoms with Gasteiger partial charge in [-0.15, -0.1) is 0 Å². The van der Waals surface area contributed by atoms with Gasteiger partial charge in [0.2, 0.25) is 0 Å². The maximum absolute atomic E-state index is 11.3. The van der Waals surface area contributed by atoms with E-state index in [1.54, 1.807) is 7.05 Å². The van der Waals surface area contributed by atoms with Gasteiger partial charge in [0.05, 0.1) is 6.61 Å². The zero-order chi connectivity index (χ0) is 10.5. The molecule has 4 nitrogen and oxygen atoms in total. The van der Waals surface area contributed by atoms with E-state index in [1.807, 2.05) is 20.8 Å². The maximum atomic E-state index is 11.3. The third kappa shape index (κ3) is 4.72. The van der Waals surface area contributed by atoms with Crippen LogP contribution in [0.1, 0.15) is 27.2 Å². The molecule has 1 N–H and O–H groups in total. The van der Waals surface area contributed by atoms with Crippen molar-refractivity contribution in [1.29, 1.82) is 0 Å².